The molecule has 0 fully saturated rings. The third-order valence-electron chi connectivity index (χ3n) is 4.07. The van der Waals surface area contributed by atoms with Crippen molar-refractivity contribution >= 4 is 23.0 Å². The van der Waals surface area contributed by atoms with Gasteiger partial charge in [0.05, 0.1) is 6.33 Å². The minimum absolute atomic E-state index is 0.0361. The molecule has 2 heterocycles. The molecule has 2 aromatic rings. The molecule has 0 aliphatic heterocycles. The highest BCUT2D eigenvalue weighted by atomic mass is 19.1. The van der Waals surface area contributed by atoms with Crippen LogP contribution >= 0.6 is 0 Å². The van der Waals surface area contributed by atoms with Gasteiger partial charge in [-0.1, -0.05) is 19.3 Å². The van der Waals surface area contributed by atoms with Crippen molar-refractivity contribution in [3.8, 4) is 12.3 Å². The highest BCUT2D eigenvalue weighted by molar-refractivity contribution is 5.81. The largest absolute Gasteiger partial charge is 0.462 e. The Balaban J connectivity index is 2.09. The summed E-state index contributed by atoms with van der Waals surface area (Å²) < 4.78 is 25.7. The van der Waals surface area contributed by atoms with Crippen LogP contribution < -0.4 is 5.73 Å². The van der Waals surface area contributed by atoms with Crippen LogP contribution in [0.4, 0.5) is 10.2 Å². The maximum absolute atomic E-state index is 13.4. The maximum atomic E-state index is 13.4. The summed E-state index contributed by atoms with van der Waals surface area (Å²) in [7, 11) is 1.45. The highest BCUT2D eigenvalue weighted by Gasteiger charge is 2.29. The van der Waals surface area contributed by atoms with Crippen LogP contribution in [0.25, 0.3) is 11.2 Å². The number of nitrogens with zero attached hydrogens (tertiary/aromatic N) is 4. The topological polar surface area (TPSA) is 105 Å². The average Bonchev–Trinajstić information content (AvgIpc) is 3.04. The molecule has 8 nitrogen and oxygen atoms in total. The van der Waals surface area contributed by atoms with Crippen LogP contribution in [0.3, 0.4) is 0 Å². The van der Waals surface area contributed by atoms with Crippen LogP contribution in [0.1, 0.15) is 32.6 Å². The zero-order valence-electron chi connectivity index (χ0n) is 14.9. The quantitative estimate of drug-likeness (QED) is 0.410. The number of aromatic nitrogens is 4. The van der Waals surface area contributed by atoms with E-state index in [0.29, 0.717) is 24.9 Å². The molecule has 0 bridgehead atoms. The predicted octanol–water partition coefficient (Wildman–Crippen LogP) is 1.69. The second-order valence-corrected chi connectivity index (χ2v) is 5.85. The van der Waals surface area contributed by atoms with Gasteiger partial charge in [-0.3, -0.25) is 4.79 Å². The first kappa shape index (κ1) is 19.6. The summed E-state index contributed by atoms with van der Waals surface area (Å²) in [6, 6.07) is 0. The first-order valence-electron chi connectivity index (χ1n) is 8.27. The molecule has 0 saturated heterocycles. The summed E-state index contributed by atoms with van der Waals surface area (Å²) in [4.78, 5) is 23.0. The second-order valence-electron chi connectivity index (χ2n) is 5.85. The number of carbonyl (C=O) groups excluding carboxylic acids is 1. The number of nitrogens with two attached hydrogens (primary N) is 1. The number of esters is 1. The number of imidazole rings is 1. The number of carbonyl (C=O) groups is 1. The molecule has 140 valence electrons. The molecule has 1 atom stereocenters. The molecule has 0 aliphatic carbocycles. The molecule has 26 heavy (non-hydrogen) atoms. The zero-order chi connectivity index (χ0) is 19.2. The summed E-state index contributed by atoms with van der Waals surface area (Å²) in [6.07, 6.45) is 8.44. The third-order valence-corrected chi connectivity index (χ3v) is 4.07. The van der Waals surface area contributed by atoms with E-state index in [9.17, 15) is 9.18 Å². The lowest BCUT2D eigenvalue weighted by Gasteiger charge is -2.26. The Morgan fingerprint density at radius 3 is 2.92 bits per heavy atom. The Labute approximate surface area is 150 Å². The molecule has 0 aliphatic rings. The molecule has 1 unspecified atom stereocenters. The van der Waals surface area contributed by atoms with Crippen LogP contribution in [0.2, 0.25) is 0 Å². The number of hydrogen-bond acceptors (Lipinski definition) is 7. The summed E-state index contributed by atoms with van der Waals surface area (Å²) in [5, 5.41) is 0. The zero-order valence-corrected chi connectivity index (χ0v) is 14.9. The average molecular weight is 363 g/mol. The Bertz CT molecular complexity index is 817. The van der Waals surface area contributed by atoms with Gasteiger partial charge in [-0.25, -0.2) is 4.98 Å². The van der Waals surface area contributed by atoms with Gasteiger partial charge in [0.25, 0.3) is 0 Å². The van der Waals surface area contributed by atoms with Crippen molar-refractivity contribution in [2.24, 2.45) is 0 Å². The van der Waals surface area contributed by atoms with Gasteiger partial charge in [-0.05, 0) is 6.42 Å². The molecule has 0 saturated carbocycles. The summed E-state index contributed by atoms with van der Waals surface area (Å²) in [5.74, 6) is 2.19. The monoisotopic (exact) mass is 363 g/mol. The summed E-state index contributed by atoms with van der Waals surface area (Å²) in [5.41, 5.74) is 5.11. The second kappa shape index (κ2) is 8.58. The molecule has 0 spiro atoms. The predicted molar refractivity (Wildman–Crippen MR) is 93.4 cm³/mol. The van der Waals surface area contributed by atoms with Crippen molar-refractivity contribution in [2.75, 3.05) is 19.5 Å². The lowest BCUT2D eigenvalue weighted by atomic mass is 10.0. The fourth-order valence-corrected chi connectivity index (χ4v) is 2.40. The Morgan fingerprint density at radius 2 is 2.27 bits per heavy atom. The number of ether oxygens (including phenoxy) is 2. The number of rotatable bonds is 9. The van der Waals surface area contributed by atoms with Crippen molar-refractivity contribution in [2.45, 2.75) is 44.8 Å². The van der Waals surface area contributed by atoms with Crippen molar-refractivity contribution in [1.82, 2.24) is 19.5 Å². The number of hydrogen-bond donors (Lipinski definition) is 1. The Hall–Kier alpha value is -2.73. The fraction of sp³-hybridized carbons (Fsp3) is 0.529. The number of methoxy groups -OCH3 is 1. The Kier molecular flexibility index (Phi) is 6.46. The lowest BCUT2D eigenvalue weighted by molar-refractivity contribution is -0.150. The number of terminal acetylenes is 1. The van der Waals surface area contributed by atoms with Crippen LogP contribution in [0.15, 0.2) is 6.33 Å². The fourth-order valence-electron chi connectivity index (χ4n) is 2.40. The van der Waals surface area contributed by atoms with E-state index in [4.69, 9.17) is 21.6 Å². The Morgan fingerprint density at radius 1 is 1.50 bits per heavy atom. The van der Waals surface area contributed by atoms with Gasteiger partial charge in [0, 0.05) is 26.5 Å². The van der Waals surface area contributed by atoms with Crippen molar-refractivity contribution in [1.29, 1.82) is 0 Å². The number of aryl methyl sites for hydroxylation is 1. The molecular formula is C17H22FN5O3. The van der Waals surface area contributed by atoms with Crippen molar-refractivity contribution in [3.05, 3.63) is 12.4 Å². The molecule has 2 N–H and O–H groups in total. The van der Waals surface area contributed by atoms with E-state index in [1.54, 1.807) is 4.57 Å². The van der Waals surface area contributed by atoms with Crippen molar-refractivity contribution in [3.63, 3.8) is 0 Å². The van der Waals surface area contributed by atoms with E-state index in [1.165, 1.54) is 13.4 Å². The third kappa shape index (κ3) is 4.46. The molecule has 2 aromatic heterocycles. The van der Waals surface area contributed by atoms with E-state index in [2.05, 4.69) is 20.9 Å². The number of nitrogen functional groups attached to an aromatic ring is 1. The lowest BCUT2D eigenvalue weighted by Crippen LogP contribution is -2.37. The van der Waals surface area contributed by atoms with E-state index >= 15 is 0 Å². The van der Waals surface area contributed by atoms with Gasteiger partial charge in [0.1, 0.15) is 12.1 Å². The molecule has 0 radical (unpaired) electrons. The van der Waals surface area contributed by atoms with E-state index in [1.807, 2.05) is 6.92 Å². The number of unbranched alkanes of at least 4 members (excludes halogenated alkanes) is 1. The van der Waals surface area contributed by atoms with Crippen LogP contribution in [-0.4, -0.2) is 44.8 Å². The molecule has 2 rings (SSSR count). The standard InChI is InChI=1S/C17H22FN5O3/c1-4-6-7-12(24)26-10-17(5-2,25-3)8-9-23-11-20-13-14(19)21-16(18)22-15(13)23/h2,11H,4,6-10H2,1,3H3,(H2,19,21,22). The van der Waals surface area contributed by atoms with E-state index < -0.39 is 11.7 Å². The molecule has 0 aromatic carbocycles. The molecular weight excluding hydrogens is 341 g/mol. The normalized spacial score (nSPS) is 13.3. The van der Waals surface area contributed by atoms with E-state index in [0.717, 1.165) is 12.8 Å². The van der Waals surface area contributed by atoms with Gasteiger partial charge < -0.3 is 19.8 Å². The van der Waals surface area contributed by atoms with Gasteiger partial charge in [0.15, 0.2) is 17.1 Å². The summed E-state index contributed by atoms with van der Waals surface area (Å²) >= 11 is 0. The van der Waals surface area contributed by atoms with Gasteiger partial charge in [-0.2, -0.15) is 14.4 Å². The number of anilines is 1. The van der Waals surface area contributed by atoms with Gasteiger partial charge in [-0.15, -0.1) is 6.42 Å². The summed E-state index contributed by atoms with van der Waals surface area (Å²) in [6.45, 7) is 2.24. The van der Waals surface area contributed by atoms with Gasteiger partial charge >= 0.3 is 12.0 Å². The first-order chi connectivity index (χ1) is 12.4. The SMILES string of the molecule is C#CC(CCn1cnc2c(N)nc(F)nc21)(COC(=O)CCCC)OC. The van der Waals surface area contributed by atoms with Crippen LogP contribution in [-0.2, 0) is 20.8 Å². The minimum Gasteiger partial charge on any atom is -0.462 e. The smallest absolute Gasteiger partial charge is 0.312 e. The van der Waals surface area contributed by atoms with E-state index in [-0.39, 0.29) is 24.0 Å². The molecule has 9 heteroatoms. The maximum Gasteiger partial charge on any atom is 0.312 e. The van der Waals surface area contributed by atoms with Crippen LogP contribution in [0, 0.1) is 18.4 Å². The molecule has 0 amide bonds. The number of fused-ring (bicyclic) bond motifs is 1. The minimum atomic E-state index is -1.10. The highest BCUT2D eigenvalue weighted by Crippen LogP contribution is 2.20. The van der Waals surface area contributed by atoms with Crippen LogP contribution in [0.5, 0.6) is 0 Å². The van der Waals surface area contributed by atoms with Crippen molar-refractivity contribution < 1.29 is 18.7 Å². The van der Waals surface area contributed by atoms with Gasteiger partial charge in [0.2, 0.25) is 0 Å². The number of halogens is 1. The first-order valence-corrected chi connectivity index (χ1v) is 8.27.